The molecule has 0 radical (unpaired) electrons. The maximum atomic E-state index is 12.3. The van der Waals surface area contributed by atoms with Crippen molar-refractivity contribution in [3.8, 4) is 0 Å². The molecule has 1 atom stereocenters. The summed E-state index contributed by atoms with van der Waals surface area (Å²) in [7, 11) is 0. The van der Waals surface area contributed by atoms with E-state index < -0.39 is 5.92 Å². The number of ketones is 2. The second-order valence-corrected chi connectivity index (χ2v) is 4.40. The van der Waals surface area contributed by atoms with Crippen LogP contribution in [0.25, 0.3) is 0 Å². The summed E-state index contributed by atoms with van der Waals surface area (Å²) >= 11 is 0. The number of allylic oxidation sites excluding steroid dienone is 2. The molecule has 2 aliphatic rings. The van der Waals surface area contributed by atoms with E-state index in [4.69, 9.17) is 5.41 Å². The lowest BCUT2D eigenvalue weighted by atomic mass is 9.72. The Labute approximate surface area is 98.7 Å². The number of hydrogen-bond acceptors (Lipinski definition) is 3. The molecule has 17 heavy (non-hydrogen) atoms. The molecule has 1 aromatic rings. The molecule has 1 N–H and O–H groups in total. The zero-order valence-electron chi connectivity index (χ0n) is 9.19. The Bertz CT molecular complexity index is 584. The van der Waals surface area contributed by atoms with Crippen molar-refractivity contribution in [1.82, 2.24) is 0 Å². The van der Waals surface area contributed by atoms with Crippen LogP contribution in [0.5, 0.6) is 0 Å². The van der Waals surface area contributed by atoms with Gasteiger partial charge in [0.25, 0.3) is 0 Å². The summed E-state index contributed by atoms with van der Waals surface area (Å²) in [6, 6.07) is 6.88. The molecule has 1 unspecified atom stereocenters. The molecular formula is C14H11NO2. The number of carbonyl (C=O) groups is 2. The van der Waals surface area contributed by atoms with E-state index in [0.29, 0.717) is 35.3 Å². The van der Waals surface area contributed by atoms with Crippen molar-refractivity contribution in [2.45, 2.75) is 12.8 Å². The fourth-order valence-electron chi connectivity index (χ4n) is 2.56. The Morgan fingerprint density at radius 3 is 2.59 bits per heavy atom. The first-order chi connectivity index (χ1) is 8.20. The summed E-state index contributed by atoms with van der Waals surface area (Å²) in [5, 5.41) is 7.86. The van der Waals surface area contributed by atoms with Crippen molar-refractivity contribution in [2.75, 3.05) is 0 Å². The minimum Gasteiger partial charge on any atom is -0.309 e. The number of Topliss-reactive ketones (excluding diaryl/α,β-unsaturated/α-hetero) is 2. The smallest absolute Gasteiger partial charge is 0.190 e. The number of rotatable bonds is 0. The molecule has 0 bridgehead atoms. The standard InChI is InChI=1S/C14H11NO2/c15-11-7-3-6-10-12(11)14(17)9-5-2-1-4-8(9)13(10)16/h1-2,4-6,12,15H,3,7H2. The summed E-state index contributed by atoms with van der Waals surface area (Å²) in [5.41, 5.74) is 1.82. The van der Waals surface area contributed by atoms with Gasteiger partial charge in [-0.05, 0) is 12.8 Å². The van der Waals surface area contributed by atoms with Crippen LogP contribution in [0.15, 0.2) is 35.9 Å². The van der Waals surface area contributed by atoms with E-state index in [2.05, 4.69) is 0 Å². The maximum Gasteiger partial charge on any atom is 0.190 e. The van der Waals surface area contributed by atoms with Crippen LogP contribution in [-0.2, 0) is 0 Å². The van der Waals surface area contributed by atoms with Crippen LogP contribution in [0, 0.1) is 11.3 Å². The Morgan fingerprint density at radius 2 is 1.82 bits per heavy atom. The number of fused-ring (bicyclic) bond motifs is 2. The Kier molecular flexibility index (Phi) is 2.08. The van der Waals surface area contributed by atoms with Gasteiger partial charge >= 0.3 is 0 Å². The van der Waals surface area contributed by atoms with Gasteiger partial charge in [-0.2, -0.15) is 0 Å². The minimum atomic E-state index is -0.619. The molecule has 1 aromatic carbocycles. The van der Waals surface area contributed by atoms with Crippen molar-refractivity contribution >= 4 is 17.3 Å². The minimum absolute atomic E-state index is 0.0883. The van der Waals surface area contributed by atoms with Crippen LogP contribution in [0.3, 0.4) is 0 Å². The monoisotopic (exact) mass is 225 g/mol. The Hall–Kier alpha value is -2.03. The third-order valence-electron chi connectivity index (χ3n) is 3.40. The molecule has 0 aromatic heterocycles. The molecule has 3 heteroatoms. The molecular weight excluding hydrogens is 214 g/mol. The lowest BCUT2D eigenvalue weighted by Gasteiger charge is -2.28. The average Bonchev–Trinajstić information content (AvgIpc) is 2.36. The van der Waals surface area contributed by atoms with E-state index in [0.717, 1.165) is 0 Å². The van der Waals surface area contributed by atoms with Gasteiger partial charge in [-0.15, -0.1) is 0 Å². The summed E-state index contributed by atoms with van der Waals surface area (Å²) < 4.78 is 0. The van der Waals surface area contributed by atoms with E-state index in [1.54, 1.807) is 24.3 Å². The fourth-order valence-corrected chi connectivity index (χ4v) is 2.56. The Morgan fingerprint density at radius 1 is 1.12 bits per heavy atom. The highest BCUT2D eigenvalue weighted by Crippen LogP contribution is 2.34. The lowest BCUT2D eigenvalue weighted by Crippen LogP contribution is -2.36. The molecule has 3 rings (SSSR count). The van der Waals surface area contributed by atoms with Gasteiger partial charge < -0.3 is 5.41 Å². The first kappa shape index (κ1) is 10.1. The van der Waals surface area contributed by atoms with Crippen LogP contribution in [0.2, 0.25) is 0 Å². The van der Waals surface area contributed by atoms with Gasteiger partial charge in [0, 0.05) is 22.4 Å². The molecule has 0 saturated carbocycles. The van der Waals surface area contributed by atoms with E-state index in [-0.39, 0.29) is 11.6 Å². The SMILES string of the molecule is N=C1CCC=C2C(=O)c3ccccc3C(=O)C12. The fraction of sp³-hybridized carbons (Fsp3) is 0.214. The highest BCUT2D eigenvalue weighted by molar-refractivity contribution is 6.30. The topological polar surface area (TPSA) is 58.0 Å². The maximum absolute atomic E-state index is 12.3. The zero-order chi connectivity index (χ0) is 12.0. The van der Waals surface area contributed by atoms with Gasteiger partial charge in [-0.3, -0.25) is 9.59 Å². The zero-order valence-corrected chi connectivity index (χ0v) is 9.19. The molecule has 0 aliphatic heterocycles. The molecule has 0 amide bonds. The van der Waals surface area contributed by atoms with Gasteiger partial charge in [0.1, 0.15) is 0 Å². The van der Waals surface area contributed by atoms with Gasteiger partial charge in [0.05, 0.1) is 5.92 Å². The van der Waals surface area contributed by atoms with Crippen molar-refractivity contribution in [2.24, 2.45) is 5.92 Å². The second kappa shape index (κ2) is 3.48. The molecule has 0 spiro atoms. The van der Waals surface area contributed by atoms with Gasteiger partial charge in [0.15, 0.2) is 11.6 Å². The van der Waals surface area contributed by atoms with E-state index in [1.165, 1.54) is 0 Å². The first-order valence-electron chi connectivity index (χ1n) is 5.65. The molecule has 0 saturated heterocycles. The molecule has 0 heterocycles. The number of carbonyl (C=O) groups excluding carboxylic acids is 2. The van der Waals surface area contributed by atoms with E-state index >= 15 is 0 Å². The number of hydrogen-bond donors (Lipinski definition) is 1. The molecule has 0 fully saturated rings. The Balaban J connectivity index is 2.25. The van der Waals surface area contributed by atoms with Crippen molar-refractivity contribution in [1.29, 1.82) is 5.41 Å². The van der Waals surface area contributed by atoms with E-state index in [9.17, 15) is 9.59 Å². The van der Waals surface area contributed by atoms with Crippen LogP contribution in [0.1, 0.15) is 33.6 Å². The number of benzene rings is 1. The quantitative estimate of drug-likeness (QED) is 0.737. The third kappa shape index (κ3) is 1.32. The van der Waals surface area contributed by atoms with Gasteiger partial charge in [0.2, 0.25) is 0 Å². The predicted octanol–water partition coefficient (Wildman–Crippen LogP) is 2.42. The second-order valence-electron chi connectivity index (χ2n) is 4.40. The largest absolute Gasteiger partial charge is 0.309 e. The highest BCUT2D eigenvalue weighted by Gasteiger charge is 2.40. The predicted molar refractivity (Wildman–Crippen MR) is 63.6 cm³/mol. The normalized spacial score (nSPS) is 22.9. The first-order valence-corrected chi connectivity index (χ1v) is 5.65. The summed E-state index contributed by atoms with van der Waals surface area (Å²) in [6.45, 7) is 0. The van der Waals surface area contributed by atoms with Crippen LogP contribution < -0.4 is 0 Å². The van der Waals surface area contributed by atoms with E-state index in [1.807, 2.05) is 6.08 Å². The molecule has 84 valence electrons. The average molecular weight is 225 g/mol. The van der Waals surface area contributed by atoms with Crippen LogP contribution >= 0.6 is 0 Å². The lowest BCUT2D eigenvalue weighted by molar-refractivity contribution is 0.0908. The van der Waals surface area contributed by atoms with Gasteiger partial charge in [-0.25, -0.2) is 0 Å². The molecule has 2 aliphatic carbocycles. The van der Waals surface area contributed by atoms with Crippen molar-refractivity contribution < 1.29 is 9.59 Å². The van der Waals surface area contributed by atoms with Crippen molar-refractivity contribution in [3.05, 3.63) is 47.0 Å². The molecule has 3 nitrogen and oxygen atoms in total. The summed E-state index contributed by atoms with van der Waals surface area (Å²) in [4.78, 5) is 24.5. The third-order valence-corrected chi connectivity index (χ3v) is 3.40. The van der Waals surface area contributed by atoms with Crippen molar-refractivity contribution in [3.63, 3.8) is 0 Å². The van der Waals surface area contributed by atoms with Crippen LogP contribution in [0.4, 0.5) is 0 Å². The highest BCUT2D eigenvalue weighted by atomic mass is 16.1. The summed E-state index contributed by atoms with van der Waals surface area (Å²) in [6.07, 6.45) is 3.08. The van der Waals surface area contributed by atoms with Crippen LogP contribution in [-0.4, -0.2) is 17.3 Å². The van der Waals surface area contributed by atoms with Gasteiger partial charge in [-0.1, -0.05) is 30.3 Å². The number of nitrogens with one attached hydrogen (secondary N) is 1. The summed E-state index contributed by atoms with van der Waals surface area (Å²) in [5.74, 6) is -0.808.